The summed E-state index contributed by atoms with van der Waals surface area (Å²) in [6.45, 7) is 3.85. The van der Waals surface area contributed by atoms with Crippen LogP contribution in [-0.2, 0) is 7.05 Å². The average Bonchev–Trinajstić information content (AvgIpc) is 2.57. The summed E-state index contributed by atoms with van der Waals surface area (Å²) >= 11 is 0. The Morgan fingerprint density at radius 2 is 2.24 bits per heavy atom. The molecule has 2 aromatic rings. The molecule has 2 aromatic heterocycles. The van der Waals surface area contributed by atoms with Gasteiger partial charge in [0.25, 0.3) is 0 Å². The number of aromatic carboxylic acids is 1. The molecule has 0 atom stereocenters. The predicted octanol–water partition coefficient (Wildman–Crippen LogP) is 2.06. The molecule has 17 heavy (non-hydrogen) atoms. The first-order chi connectivity index (χ1) is 8.00. The number of pyridine rings is 1. The SMILES string of the molecule is CC(C)Oc1ccnc2c1cc(C(=O)O)n2C. The van der Waals surface area contributed by atoms with E-state index in [1.165, 1.54) is 0 Å². The second-order valence-corrected chi connectivity index (χ2v) is 4.11. The summed E-state index contributed by atoms with van der Waals surface area (Å²) in [5, 5.41) is 9.77. The molecule has 90 valence electrons. The van der Waals surface area contributed by atoms with E-state index in [2.05, 4.69) is 4.98 Å². The number of nitrogens with zero attached hydrogens (tertiary/aromatic N) is 2. The van der Waals surface area contributed by atoms with Gasteiger partial charge >= 0.3 is 5.97 Å². The van der Waals surface area contributed by atoms with Gasteiger partial charge in [0.1, 0.15) is 17.1 Å². The Labute approximate surface area is 98.6 Å². The molecule has 0 aliphatic heterocycles. The molecule has 0 saturated carbocycles. The molecule has 0 aliphatic rings. The molecule has 0 aliphatic carbocycles. The van der Waals surface area contributed by atoms with E-state index in [-0.39, 0.29) is 11.8 Å². The number of carboxylic acid groups (broad SMARTS) is 1. The second-order valence-electron chi connectivity index (χ2n) is 4.11. The van der Waals surface area contributed by atoms with Crippen LogP contribution in [0.1, 0.15) is 24.3 Å². The second kappa shape index (κ2) is 4.08. The number of rotatable bonds is 3. The number of fused-ring (bicyclic) bond motifs is 1. The smallest absolute Gasteiger partial charge is 0.352 e. The number of hydrogen-bond acceptors (Lipinski definition) is 3. The highest BCUT2D eigenvalue weighted by Gasteiger charge is 2.16. The molecular weight excluding hydrogens is 220 g/mol. The molecule has 0 radical (unpaired) electrons. The predicted molar refractivity (Wildman–Crippen MR) is 63.4 cm³/mol. The fraction of sp³-hybridized carbons (Fsp3) is 0.333. The summed E-state index contributed by atoms with van der Waals surface area (Å²) in [6, 6.07) is 3.33. The number of ether oxygens (including phenoxy) is 1. The van der Waals surface area contributed by atoms with E-state index in [4.69, 9.17) is 9.84 Å². The minimum atomic E-state index is -0.971. The van der Waals surface area contributed by atoms with Gasteiger partial charge in [0.2, 0.25) is 0 Å². The lowest BCUT2D eigenvalue weighted by Crippen LogP contribution is -2.06. The van der Waals surface area contributed by atoms with Crippen molar-refractivity contribution >= 4 is 17.0 Å². The van der Waals surface area contributed by atoms with Gasteiger partial charge in [-0.05, 0) is 26.0 Å². The van der Waals surface area contributed by atoms with Gasteiger partial charge in [-0.2, -0.15) is 0 Å². The van der Waals surface area contributed by atoms with E-state index >= 15 is 0 Å². The maximum absolute atomic E-state index is 11.0. The lowest BCUT2D eigenvalue weighted by molar-refractivity contribution is 0.0687. The highest BCUT2D eigenvalue weighted by Crippen LogP contribution is 2.27. The van der Waals surface area contributed by atoms with Gasteiger partial charge in [-0.3, -0.25) is 0 Å². The first kappa shape index (κ1) is 11.4. The van der Waals surface area contributed by atoms with Crippen LogP contribution >= 0.6 is 0 Å². The van der Waals surface area contributed by atoms with Crippen LogP contribution < -0.4 is 4.74 Å². The third-order valence-electron chi connectivity index (χ3n) is 2.47. The lowest BCUT2D eigenvalue weighted by atomic mass is 10.3. The summed E-state index contributed by atoms with van der Waals surface area (Å²) in [5.74, 6) is -0.311. The molecule has 0 aromatic carbocycles. The number of hydrogen-bond donors (Lipinski definition) is 1. The van der Waals surface area contributed by atoms with Crippen LogP contribution in [0.5, 0.6) is 5.75 Å². The van der Waals surface area contributed by atoms with E-state index in [9.17, 15) is 4.79 Å². The van der Waals surface area contributed by atoms with E-state index in [1.54, 1.807) is 29.9 Å². The highest BCUT2D eigenvalue weighted by atomic mass is 16.5. The van der Waals surface area contributed by atoms with Crippen molar-refractivity contribution in [3.8, 4) is 5.75 Å². The van der Waals surface area contributed by atoms with Crippen LogP contribution in [0.25, 0.3) is 11.0 Å². The van der Waals surface area contributed by atoms with Crippen LogP contribution in [-0.4, -0.2) is 26.7 Å². The van der Waals surface area contributed by atoms with Crippen molar-refractivity contribution in [2.45, 2.75) is 20.0 Å². The summed E-state index contributed by atoms with van der Waals surface area (Å²) in [7, 11) is 1.68. The van der Waals surface area contributed by atoms with Crippen LogP contribution in [0.3, 0.4) is 0 Å². The van der Waals surface area contributed by atoms with Crippen molar-refractivity contribution in [1.82, 2.24) is 9.55 Å². The van der Waals surface area contributed by atoms with Crippen molar-refractivity contribution in [3.05, 3.63) is 24.0 Å². The highest BCUT2D eigenvalue weighted by molar-refractivity contribution is 5.95. The van der Waals surface area contributed by atoms with Gasteiger partial charge in [0.05, 0.1) is 11.5 Å². The maximum atomic E-state index is 11.0. The minimum Gasteiger partial charge on any atom is -0.490 e. The Morgan fingerprint density at radius 3 is 2.82 bits per heavy atom. The zero-order valence-corrected chi connectivity index (χ0v) is 9.97. The normalized spacial score (nSPS) is 11.1. The maximum Gasteiger partial charge on any atom is 0.352 e. The number of aryl methyl sites for hydroxylation is 1. The summed E-state index contributed by atoms with van der Waals surface area (Å²) in [4.78, 5) is 15.2. The minimum absolute atomic E-state index is 0.0362. The molecule has 0 saturated heterocycles. The summed E-state index contributed by atoms with van der Waals surface area (Å²) in [6.07, 6.45) is 1.65. The molecule has 0 amide bonds. The molecule has 0 bridgehead atoms. The molecule has 0 fully saturated rings. The van der Waals surface area contributed by atoms with E-state index in [0.29, 0.717) is 11.4 Å². The Kier molecular flexibility index (Phi) is 2.75. The average molecular weight is 234 g/mol. The van der Waals surface area contributed by atoms with E-state index < -0.39 is 5.97 Å². The van der Waals surface area contributed by atoms with Crippen LogP contribution in [0.4, 0.5) is 0 Å². The van der Waals surface area contributed by atoms with Crippen LogP contribution in [0.15, 0.2) is 18.3 Å². The Balaban J connectivity index is 2.64. The van der Waals surface area contributed by atoms with Crippen molar-refractivity contribution in [1.29, 1.82) is 0 Å². The molecule has 0 unspecified atom stereocenters. The van der Waals surface area contributed by atoms with Gasteiger partial charge in [-0.1, -0.05) is 0 Å². The van der Waals surface area contributed by atoms with Gasteiger partial charge in [0, 0.05) is 13.2 Å². The van der Waals surface area contributed by atoms with Crippen LogP contribution in [0, 0.1) is 0 Å². The van der Waals surface area contributed by atoms with Crippen molar-refractivity contribution in [2.24, 2.45) is 7.05 Å². The number of carboxylic acids is 1. The van der Waals surface area contributed by atoms with Gasteiger partial charge in [0.15, 0.2) is 0 Å². The van der Waals surface area contributed by atoms with Crippen molar-refractivity contribution in [2.75, 3.05) is 0 Å². The molecule has 1 N–H and O–H groups in total. The van der Waals surface area contributed by atoms with E-state index in [0.717, 1.165) is 5.39 Å². The first-order valence-corrected chi connectivity index (χ1v) is 5.35. The topological polar surface area (TPSA) is 64.3 Å². The standard InChI is InChI=1S/C12H14N2O3/c1-7(2)17-10-4-5-13-11-8(10)6-9(12(15)16)14(11)3/h4-7H,1-3H3,(H,15,16). The zero-order valence-electron chi connectivity index (χ0n) is 9.97. The summed E-state index contributed by atoms with van der Waals surface area (Å²) < 4.78 is 7.18. The monoisotopic (exact) mass is 234 g/mol. The fourth-order valence-corrected chi connectivity index (χ4v) is 1.76. The van der Waals surface area contributed by atoms with Gasteiger partial charge in [-0.25, -0.2) is 9.78 Å². The number of aromatic nitrogens is 2. The zero-order chi connectivity index (χ0) is 12.6. The van der Waals surface area contributed by atoms with Gasteiger partial charge in [-0.15, -0.1) is 0 Å². The lowest BCUT2D eigenvalue weighted by Gasteiger charge is -2.10. The Morgan fingerprint density at radius 1 is 1.53 bits per heavy atom. The Bertz CT molecular complexity index is 572. The molecule has 5 nitrogen and oxygen atoms in total. The third kappa shape index (κ3) is 1.95. The molecule has 5 heteroatoms. The first-order valence-electron chi connectivity index (χ1n) is 5.35. The fourth-order valence-electron chi connectivity index (χ4n) is 1.76. The van der Waals surface area contributed by atoms with E-state index in [1.807, 2.05) is 13.8 Å². The third-order valence-corrected chi connectivity index (χ3v) is 2.47. The van der Waals surface area contributed by atoms with Crippen molar-refractivity contribution < 1.29 is 14.6 Å². The molecular formula is C12H14N2O3. The van der Waals surface area contributed by atoms with Crippen molar-refractivity contribution in [3.63, 3.8) is 0 Å². The largest absolute Gasteiger partial charge is 0.490 e. The molecule has 0 spiro atoms. The molecule has 2 heterocycles. The summed E-state index contributed by atoms with van der Waals surface area (Å²) in [5.41, 5.74) is 0.813. The number of carbonyl (C=O) groups is 1. The quantitative estimate of drug-likeness (QED) is 0.882. The Hall–Kier alpha value is -2.04. The van der Waals surface area contributed by atoms with Crippen LogP contribution in [0.2, 0.25) is 0 Å². The molecule has 2 rings (SSSR count). The van der Waals surface area contributed by atoms with Gasteiger partial charge < -0.3 is 14.4 Å².